The van der Waals surface area contributed by atoms with Crippen LogP contribution in [0.5, 0.6) is 0 Å². The summed E-state index contributed by atoms with van der Waals surface area (Å²) in [6.07, 6.45) is 0.730. The van der Waals surface area contributed by atoms with Crippen molar-refractivity contribution in [2.24, 2.45) is 0 Å². The van der Waals surface area contributed by atoms with Gasteiger partial charge in [-0.15, -0.1) is 6.58 Å². The molecule has 2 atom stereocenters. The highest BCUT2D eigenvalue weighted by atomic mass is 35.5. The lowest BCUT2D eigenvalue weighted by molar-refractivity contribution is 0.173. The van der Waals surface area contributed by atoms with Crippen molar-refractivity contribution in [3.8, 4) is 0 Å². The first kappa shape index (κ1) is 15.8. The molecule has 1 rings (SSSR count). The van der Waals surface area contributed by atoms with Crippen LogP contribution in [-0.4, -0.2) is 23.7 Å². The molecule has 1 aromatic carbocycles. The van der Waals surface area contributed by atoms with E-state index in [9.17, 15) is 9.90 Å². The van der Waals surface area contributed by atoms with Gasteiger partial charge in [-0.3, -0.25) is 0 Å². The van der Waals surface area contributed by atoms with Gasteiger partial charge in [-0.05, 0) is 30.7 Å². The number of aliphatic hydroxyl groups excluding tert-OH is 1. The van der Waals surface area contributed by atoms with Crippen molar-refractivity contribution in [1.82, 2.24) is 10.6 Å². The number of hydrogen-bond donors (Lipinski definition) is 3. The van der Waals surface area contributed by atoms with Crippen molar-refractivity contribution in [2.45, 2.75) is 19.1 Å². The van der Waals surface area contributed by atoms with E-state index in [4.69, 9.17) is 23.2 Å². The van der Waals surface area contributed by atoms with E-state index in [-0.39, 0.29) is 18.6 Å². The molecule has 0 aliphatic heterocycles. The Kier molecular flexibility index (Phi) is 6.15. The van der Waals surface area contributed by atoms with Gasteiger partial charge in [-0.1, -0.05) is 29.3 Å². The molecule has 104 valence electrons. The minimum atomic E-state index is -0.874. The van der Waals surface area contributed by atoms with Gasteiger partial charge in [0.1, 0.15) is 0 Å². The maximum Gasteiger partial charge on any atom is 0.315 e. The summed E-state index contributed by atoms with van der Waals surface area (Å²) < 4.78 is 0. The fraction of sp³-hybridized carbons (Fsp3) is 0.308. The van der Waals surface area contributed by atoms with Gasteiger partial charge >= 0.3 is 6.03 Å². The highest BCUT2D eigenvalue weighted by Crippen LogP contribution is 2.23. The average molecular weight is 303 g/mol. The Morgan fingerprint density at radius 1 is 1.42 bits per heavy atom. The molecule has 0 saturated heterocycles. The number of carbonyl (C=O) groups is 1. The van der Waals surface area contributed by atoms with Crippen molar-refractivity contribution >= 4 is 29.2 Å². The third-order valence-corrected chi connectivity index (χ3v) is 2.87. The van der Waals surface area contributed by atoms with Crippen LogP contribution in [0.25, 0.3) is 0 Å². The Morgan fingerprint density at radius 3 is 2.53 bits per heavy atom. The van der Waals surface area contributed by atoms with E-state index >= 15 is 0 Å². The van der Waals surface area contributed by atoms with E-state index in [0.717, 1.165) is 0 Å². The zero-order chi connectivity index (χ0) is 14.4. The molecule has 0 aromatic heterocycles. The van der Waals surface area contributed by atoms with Crippen molar-refractivity contribution in [3.05, 3.63) is 46.5 Å². The quantitative estimate of drug-likeness (QED) is 0.732. The van der Waals surface area contributed by atoms with Gasteiger partial charge < -0.3 is 15.7 Å². The second-order valence-corrected chi connectivity index (χ2v) is 4.97. The summed E-state index contributed by atoms with van der Waals surface area (Å²) in [6.45, 7) is 5.41. The minimum Gasteiger partial charge on any atom is -0.387 e. The van der Waals surface area contributed by atoms with Gasteiger partial charge in [0.05, 0.1) is 6.10 Å². The molecule has 0 aliphatic rings. The summed E-state index contributed by atoms with van der Waals surface area (Å²) >= 11 is 11.7. The number of aliphatic hydroxyl groups is 1. The highest BCUT2D eigenvalue weighted by molar-refractivity contribution is 6.34. The van der Waals surface area contributed by atoms with Crippen molar-refractivity contribution in [2.75, 3.05) is 6.54 Å². The van der Waals surface area contributed by atoms with E-state index in [1.54, 1.807) is 31.2 Å². The van der Waals surface area contributed by atoms with Crippen molar-refractivity contribution in [1.29, 1.82) is 0 Å². The Bertz CT molecular complexity index is 446. The van der Waals surface area contributed by atoms with Gasteiger partial charge in [0.2, 0.25) is 0 Å². The van der Waals surface area contributed by atoms with Crippen LogP contribution >= 0.6 is 23.2 Å². The molecule has 6 heteroatoms. The predicted octanol–water partition coefficient (Wildman–Crippen LogP) is 2.90. The van der Waals surface area contributed by atoms with Crippen LogP contribution in [0, 0.1) is 0 Å². The molecule has 0 fully saturated rings. The largest absolute Gasteiger partial charge is 0.387 e. The predicted molar refractivity (Wildman–Crippen MR) is 77.6 cm³/mol. The molecule has 1 aromatic rings. The second kappa shape index (κ2) is 7.38. The lowest BCUT2D eigenvalue weighted by Gasteiger charge is -2.15. The zero-order valence-electron chi connectivity index (χ0n) is 10.5. The fourth-order valence-corrected chi connectivity index (χ4v) is 1.93. The monoisotopic (exact) mass is 302 g/mol. The number of urea groups is 1. The van der Waals surface area contributed by atoms with Gasteiger partial charge in [0.15, 0.2) is 0 Å². The van der Waals surface area contributed by atoms with Gasteiger partial charge in [0.25, 0.3) is 0 Å². The molecular formula is C13H16Cl2N2O2. The first-order valence-corrected chi connectivity index (χ1v) is 6.49. The van der Waals surface area contributed by atoms with Crippen LogP contribution in [0.3, 0.4) is 0 Å². The molecule has 0 saturated carbocycles. The van der Waals surface area contributed by atoms with E-state index in [1.807, 2.05) is 0 Å². The van der Waals surface area contributed by atoms with Crippen LogP contribution in [-0.2, 0) is 0 Å². The van der Waals surface area contributed by atoms with Gasteiger partial charge in [0, 0.05) is 22.6 Å². The Morgan fingerprint density at radius 2 is 2.00 bits per heavy atom. The number of halogens is 2. The highest BCUT2D eigenvalue weighted by Gasteiger charge is 2.11. The smallest absolute Gasteiger partial charge is 0.315 e. The third kappa shape index (κ3) is 5.51. The molecular weight excluding hydrogens is 287 g/mol. The average Bonchev–Trinajstić information content (AvgIpc) is 2.34. The van der Waals surface area contributed by atoms with Crippen LogP contribution in [0.1, 0.15) is 18.6 Å². The van der Waals surface area contributed by atoms with Crippen LogP contribution in [0.4, 0.5) is 4.79 Å². The Hall–Kier alpha value is -1.23. The summed E-state index contributed by atoms with van der Waals surface area (Å²) in [5.41, 5.74) is 0.551. The molecule has 0 aliphatic carbocycles. The molecule has 3 N–H and O–H groups in total. The molecule has 2 amide bonds. The first-order chi connectivity index (χ1) is 8.92. The van der Waals surface area contributed by atoms with Crippen LogP contribution in [0.15, 0.2) is 30.9 Å². The number of nitrogens with one attached hydrogen (secondary N) is 2. The van der Waals surface area contributed by atoms with Gasteiger partial charge in [-0.2, -0.15) is 0 Å². The summed E-state index contributed by atoms with van der Waals surface area (Å²) in [6, 6.07) is 4.26. The molecule has 0 bridgehead atoms. The minimum absolute atomic E-state index is 0.0619. The first-order valence-electron chi connectivity index (χ1n) is 5.73. The summed E-state index contributed by atoms with van der Waals surface area (Å²) in [5, 5.41) is 16.0. The lowest BCUT2D eigenvalue weighted by Crippen LogP contribution is -2.41. The lowest BCUT2D eigenvalue weighted by atomic mass is 10.1. The van der Waals surface area contributed by atoms with Crippen LogP contribution in [0.2, 0.25) is 10.0 Å². The Labute approximate surface area is 122 Å². The SMILES string of the molecule is C=CC(C)NC(=O)NCC(O)c1cc(Cl)cc(Cl)c1. The third-order valence-electron chi connectivity index (χ3n) is 2.44. The van der Waals surface area contributed by atoms with E-state index < -0.39 is 6.10 Å². The maximum absolute atomic E-state index is 11.4. The number of hydrogen-bond acceptors (Lipinski definition) is 2. The molecule has 0 spiro atoms. The van der Waals surface area contributed by atoms with Crippen molar-refractivity contribution in [3.63, 3.8) is 0 Å². The molecule has 19 heavy (non-hydrogen) atoms. The van der Waals surface area contributed by atoms with E-state index in [1.165, 1.54) is 0 Å². The topological polar surface area (TPSA) is 61.4 Å². The van der Waals surface area contributed by atoms with Gasteiger partial charge in [-0.25, -0.2) is 4.79 Å². The molecule has 4 nitrogen and oxygen atoms in total. The maximum atomic E-state index is 11.4. The molecule has 0 heterocycles. The number of carbonyl (C=O) groups excluding carboxylic acids is 1. The normalized spacial score (nSPS) is 13.5. The number of rotatable bonds is 5. The Balaban J connectivity index is 2.53. The summed E-state index contributed by atoms with van der Waals surface area (Å²) in [7, 11) is 0. The summed E-state index contributed by atoms with van der Waals surface area (Å²) in [5.74, 6) is 0. The zero-order valence-corrected chi connectivity index (χ0v) is 12.0. The summed E-state index contributed by atoms with van der Waals surface area (Å²) in [4.78, 5) is 11.4. The molecule has 2 unspecified atom stereocenters. The standard InChI is InChI=1S/C13H16Cl2N2O2/c1-3-8(2)17-13(19)16-7-12(18)9-4-10(14)6-11(15)5-9/h3-6,8,12,18H,1,7H2,2H3,(H2,16,17,19). The van der Waals surface area contributed by atoms with Crippen molar-refractivity contribution < 1.29 is 9.90 Å². The molecule has 0 radical (unpaired) electrons. The fourth-order valence-electron chi connectivity index (χ4n) is 1.39. The van der Waals surface area contributed by atoms with Crippen LogP contribution < -0.4 is 10.6 Å². The van der Waals surface area contributed by atoms with E-state index in [2.05, 4.69) is 17.2 Å². The number of benzene rings is 1. The second-order valence-electron chi connectivity index (χ2n) is 4.10. The van der Waals surface area contributed by atoms with E-state index in [0.29, 0.717) is 15.6 Å². The number of amides is 2.